The van der Waals surface area contributed by atoms with Gasteiger partial charge in [-0.1, -0.05) is 0 Å². The summed E-state index contributed by atoms with van der Waals surface area (Å²) in [5.41, 5.74) is 0. The van der Waals surface area contributed by atoms with Gasteiger partial charge in [-0.2, -0.15) is 0 Å². The van der Waals surface area contributed by atoms with Crippen LogP contribution in [0.5, 0.6) is 0 Å². The first-order valence-corrected chi connectivity index (χ1v) is 3.67. The molecule has 0 aromatic carbocycles. The van der Waals surface area contributed by atoms with E-state index in [1.807, 2.05) is 20.8 Å². The molecule has 0 spiro atoms. The molecular weight excluding hydrogens is 132 g/mol. The molecule has 0 aliphatic heterocycles. The van der Waals surface area contributed by atoms with Gasteiger partial charge in [0.1, 0.15) is 6.10 Å². The molecule has 1 unspecified atom stereocenters. The Morgan fingerprint density at radius 3 is 2.40 bits per heavy atom. The topological polar surface area (TPSA) is 27.7 Å². The fourth-order valence-corrected chi connectivity index (χ4v) is 0.496. The molecule has 0 aromatic heterocycles. The van der Waals surface area contributed by atoms with Crippen LogP contribution < -0.4 is 0 Å². The van der Waals surface area contributed by atoms with Crippen LogP contribution in [-0.4, -0.2) is 25.9 Å². The summed E-state index contributed by atoms with van der Waals surface area (Å²) in [6, 6.07) is 0. The highest BCUT2D eigenvalue weighted by molar-refractivity contribution is 4.41. The van der Waals surface area contributed by atoms with E-state index in [0.29, 0.717) is 13.2 Å². The second-order valence-electron chi connectivity index (χ2n) is 1.97. The van der Waals surface area contributed by atoms with E-state index in [0.717, 1.165) is 6.61 Å². The van der Waals surface area contributed by atoms with Gasteiger partial charge in [0.2, 0.25) is 0 Å². The first kappa shape index (κ1) is 9.88. The first-order valence-electron chi connectivity index (χ1n) is 3.67. The zero-order valence-electron chi connectivity index (χ0n) is 6.92. The first-order chi connectivity index (χ1) is 4.81. The van der Waals surface area contributed by atoms with Gasteiger partial charge in [-0.3, -0.25) is 0 Å². The molecule has 0 rings (SSSR count). The Bertz CT molecular complexity index is 57.9. The quantitative estimate of drug-likeness (QED) is 0.420. The standard InChI is InChI=1S/C7H16O3/c1-4-8-6-7(3)10-9-5-2/h7H,4-6H2,1-3H3. The van der Waals surface area contributed by atoms with Crippen LogP contribution in [0.1, 0.15) is 20.8 Å². The van der Waals surface area contributed by atoms with Crippen molar-refractivity contribution < 1.29 is 14.5 Å². The largest absolute Gasteiger partial charge is 0.379 e. The summed E-state index contributed by atoms with van der Waals surface area (Å²) in [5, 5.41) is 0. The predicted octanol–water partition coefficient (Wildman–Crippen LogP) is 1.38. The molecule has 0 bridgehead atoms. The van der Waals surface area contributed by atoms with Crippen LogP contribution in [-0.2, 0) is 14.5 Å². The number of hydrogen-bond acceptors (Lipinski definition) is 3. The molecule has 0 heterocycles. The summed E-state index contributed by atoms with van der Waals surface area (Å²) in [5.74, 6) is 0. The van der Waals surface area contributed by atoms with Crippen LogP contribution in [0.2, 0.25) is 0 Å². The number of ether oxygens (including phenoxy) is 1. The zero-order valence-corrected chi connectivity index (χ0v) is 6.92. The summed E-state index contributed by atoms with van der Waals surface area (Å²) in [4.78, 5) is 9.58. The molecule has 3 heteroatoms. The minimum atomic E-state index is 0.0277. The molecule has 1 atom stereocenters. The van der Waals surface area contributed by atoms with Crippen LogP contribution in [0.15, 0.2) is 0 Å². The van der Waals surface area contributed by atoms with Crippen LogP contribution in [0.3, 0.4) is 0 Å². The van der Waals surface area contributed by atoms with Crippen molar-refractivity contribution in [3.8, 4) is 0 Å². The van der Waals surface area contributed by atoms with E-state index in [2.05, 4.69) is 0 Å². The molecular formula is C7H16O3. The van der Waals surface area contributed by atoms with Crippen molar-refractivity contribution in [2.24, 2.45) is 0 Å². The highest BCUT2D eigenvalue weighted by Gasteiger charge is 2.00. The molecule has 0 aliphatic carbocycles. The van der Waals surface area contributed by atoms with Gasteiger partial charge >= 0.3 is 0 Å². The molecule has 10 heavy (non-hydrogen) atoms. The SMILES string of the molecule is CCOCC(C)OOCC. The molecule has 0 N–H and O–H groups in total. The van der Waals surface area contributed by atoms with E-state index in [1.165, 1.54) is 0 Å². The van der Waals surface area contributed by atoms with E-state index in [4.69, 9.17) is 14.5 Å². The lowest BCUT2D eigenvalue weighted by atomic mass is 10.4. The summed E-state index contributed by atoms with van der Waals surface area (Å²) in [6.45, 7) is 7.64. The van der Waals surface area contributed by atoms with Crippen molar-refractivity contribution in [3.63, 3.8) is 0 Å². The molecule has 0 radical (unpaired) electrons. The van der Waals surface area contributed by atoms with Gasteiger partial charge in [-0.05, 0) is 20.8 Å². The van der Waals surface area contributed by atoms with E-state index in [-0.39, 0.29) is 6.10 Å². The van der Waals surface area contributed by atoms with Crippen molar-refractivity contribution in [2.75, 3.05) is 19.8 Å². The van der Waals surface area contributed by atoms with Crippen LogP contribution in [0, 0.1) is 0 Å². The normalized spacial score (nSPS) is 13.5. The minimum Gasteiger partial charge on any atom is -0.379 e. The third kappa shape index (κ3) is 6.01. The molecule has 0 saturated heterocycles. The molecule has 0 amide bonds. The van der Waals surface area contributed by atoms with Crippen molar-refractivity contribution in [1.29, 1.82) is 0 Å². The van der Waals surface area contributed by atoms with Crippen LogP contribution in [0.4, 0.5) is 0 Å². The van der Waals surface area contributed by atoms with Gasteiger partial charge in [0.15, 0.2) is 0 Å². The Morgan fingerprint density at radius 2 is 1.90 bits per heavy atom. The van der Waals surface area contributed by atoms with Gasteiger partial charge in [0.05, 0.1) is 13.2 Å². The highest BCUT2D eigenvalue weighted by atomic mass is 17.2. The second-order valence-corrected chi connectivity index (χ2v) is 1.97. The third-order valence-corrected chi connectivity index (χ3v) is 0.907. The predicted molar refractivity (Wildman–Crippen MR) is 38.7 cm³/mol. The Labute approximate surface area is 62.2 Å². The molecule has 3 nitrogen and oxygen atoms in total. The smallest absolute Gasteiger partial charge is 0.113 e. The molecule has 0 saturated carbocycles. The zero-order chi connectivity index (χ0) is 7.82. The summed E-state index contributed by atoms with van der Waals surface area (Å²) in [6.07, 6.45) is 0.0277. The Kier molecular flexibility index (Phi) is 6.91. The summed E-state index contributed by atoms with van der Waals surface area (Å²) < 4.78 is 5.09. The minimum absolute atomic E-state index is 0.0277. The molecule has 0 fully saturated rings. The van der Waals surface area contributed by atoms with Gasteiger partial charge in [0.25, 0.3) is 0 Å². The maximum absolute atomic E-state index is 5.09. The summed E-state index contributed by atoms with van der Waals surface area (Å²) in [7, 11) is 0. The van der Waals surface area contributed by atoms with E-state index in [9.17, 15) is 0 Å². The Balaban J connectivity index is 3.00. The Morgan fingerprint density at radius 1 is 1.20 bits per heavy atom. The molecule has 62 valence electrons. The highest BCUT2D eigenvalue weighted by Crippen LogP contribution is 1.92. The summed E-state index contributed by atoms with van der Waals surface area (Å²) >= 11 is 0. The van der Waals surface area contributed by atoms with Gasteiger partial charge in [-0.15, -0.1) is 0 Å². The van der Waals surface area contributed by atoms with Crippen molar-refractivity contribution >= 4 is 0 Å². The fourth-order valence-electron chi connectivity index (χ4n) is 0.496. The Hall–Kier alpha value is -0.120. The lowest BCUT2D eigenvalue weighted by Crippen LogP contribution is -2.16. The lowest BCUT2D eigenvalue weighted by Gasteiger charge is -2.09. The van der Waals surface area contributed by atoms with Crippen molar-refractivity contribution in [3.05, 3.63) is 0 Å². The monoisotopic (exact) mass is 148 g/mol. The maximum atomic E-state index is 5.09. The number of rotatable bonds is 6. The van der Waals surface area contributed by atoms with Crippen LogP contribution >= 0.6 is 0 Å². The maximum Gasteiger partial charge on any atom is 0.113 e. The lowest BCUT2D eigenvalue weighted by molar-refractivity contribution is -0.323. The van der Waals surface area contributed by atoms with Gasteiger partial charge in [0, 0.05) is 6.61 Å². The van der Waals surface area contributed by atoms with E-state index < -0.39 is 0 Å². The third-order valence-electron chi connectivity index (χ3n) is 0.907. The fraction of sp³-hybridized carbons (Fsp3) is 1.00. The van der Waals surface area contributed by atoms with Crippen molar-refractivity contribution in [2.45, 2.75) is 26.9 Å². The second kappa shape index (κ2) is 6.99. The van der Waals surface area contributed by atoms with Gasteiger partial charge in [-0.25, -0.2) is 9.78 Å². The van der Waals surface area contributed by atoms with Crippen molar-refractivity contribution in [1.82, 2.24) is 0 Å². The molecule has 0 aliphatic rings. The van der Waals surface area contributed by atoms with Gasteiger partial charge < -0.3 is 4.74 Å². The molecule has 0 aromatic rings. The van der Waals surface area contributed by atoms with Crippen LogP contribution in [0.25, 0.3) is 0 Å². The number of hydrogen-bond donors (Lipinski definition) is 0. The van der Waals surface area contributed by atoms with E-state index >= 15 is 0 Å². The van der Waals surface area contributed by atoms with E-state index in [1.54, 1.807) is 0 Å². The average molecular weight is 148 g/mol. The average Bonchev–Trinajstić information content (AvgIpc) is 1.97.